The van der Waals surface area contributed by atoms with Crippen LogP contribution in [0, 0.1) is 11.3 Å². The van der Waals surface area contributed by atoms with Crippen molar-refractivity contribution in [3.8, 4) is 0 Å². The molecule has 1 atom stereocenters. The average Bonchev–Trinajstić information content (AvgIpc) is 2.38. The lowest BCUT2D eigenvalue weighted by Gasteiger charge is -2.31. The lowest BCUT2D eigenvalue weighted by atomic mass is 9.75. The molecule has 0 bridgehead atoms. The Kier molecular flexibility index (Phi) is 3.04. The summed E-state index contributed by atoms with van der Waals surface area (Å²) in [5.74, 6) is 0.900. The van der Waals surface area contributed by atoms with E-state index in [0.29, 0.717) is 5.41 Å². The molecule has 0 heteroatoms. The van der Waals surface area contributed by atoms with Gasteiger partial charge in [-0.15, -0.1) is 0 Å². The molecular formula is C15H24. The predicted molar refractivity (Wildman–Crippen MR) is 66.8 cm³/mol. The minimum Gasteiger partial charge on any atom is -0.0839 e. The maximum atomic E-state index is 2.40. The summed E-state index contributed by atoms with van der Waals surface area (Å²) in [5, 5.41) is 0. The second-order valence-corrected chi connectivity index (χ2v) is 6.23. The van der Waals surface area contributed by atoms with Crippen molar-refractivity contribution in [2.75, 3.05) is 0 Å². The number of hydrogen-bond donors (Lipinski definition) is 0. The first-order valence-electron chi connectivity index (χ1n) is 6.45. The van der Waals surface area contributed by atoms with Gasteiger partial charge >= 0.3 is 0 Å². The highest BCUT2D eigenvalue weighted by molar-refractivity contribution is 5.30. The van der Waals surface area contributed by atoms with Crippen LogP contribution in [0.1, 0.15) is 59.3 Å². The van der Waals surface area contributed by atoms with Gasteiger partial charge in [0.15, 0.2) is 0 Å². The van der Waals surface area contributed by atoms with Gasteiger partial charge in [-0.2, -0.15) is 0 Å². The minimum absolute atomic E-state index is 0.490. The van der Waals surface area contributed by atoms with E-state index in [2.05, 4.69) is 32.9 Å². The Morgan fingerprint density at radius 3 is 2.73 bits per heavy atom. The summed E-state index contributed by atoms with van der Waals surface area (Å²) in [6.45, 7) is 7.21. The average molecular weight is 204 g/mol. The zero-order valence-electron chi connectivity index (χ0n) is 10.5. The molecule has 0 radical (unpaired) electrons. The highest BCUT2D eigenvalue weighted by atomic mass is 14.3. The van der Waals surface area contributed by atoms with Gasteiger partial charge in [0.25, 0.3) is 0 Å². The fraction of sp³-hybridized carbons (Fsp3) is 0.733. The first-order chi connectivity index (χ1) is 7.07. The summed E-state index contributed by atoms with van der Waals surface area (Å²) in [5.41, 5.74) is 3.94. The quantitative estimate of drug-likeness (QED) is 0.528. The molecule has 0 spiro atoms. The first kappa shape index (κ1) is 11.0. The molecule has 0 saturated carbocycles. The molecule has 0 N–H and O–H groups in total. The van der Waals surface area contributed by atoms with Crippen molar-refractivity contribution in [3.05, 3.63) is 23.3 Å². The lowest BCUT2D eigenvalue weighted by molar-refractivity contribution is 0.223. The van der Waals surface area contributed by atoms with Crippen LogP contribution < -0.4 is 0 Å². The fourth-order valence-electron chi connectivity index (χ4n) is 2.93. The molecule has 1 unspecified atom stereocenters. The van der Waals surface area contributed by atoms with Crippen LogP contribution in [-0.2, 0) is 0 Å². The lowest BCUT2D eigenvalue weighted by Crippen LogP contribution is -2.20. The molecule has 2 aliphatic rings. The van der Waals surface area contributed by atoms with Crippen molar-refractivity contribution >= 4 is 0 Å². The Morgan fingerprint density at radius 2 is 2.00 bits per heavy atom. The van der Waals surface area contributed by atoms with E-state index in [-0.39, 0.29) is 0 Å². The first-order valence-corrected chi connectivity index (χ1v) is 6.45. The fourth-order valence-corrected chi connectivity index (χ4v) is 2.93. The Bertz CT molecular complexity index is 286. The van der Waals surface area contributed by atoms with E-state index < -0.39 is 0 Å². The molecule has 2 rings (SSSR count). The van der Waals surface area contributed by atoms with E-state index in [4.69, 9.17) is 0 Å². The second-order valence-electron chi connectivity index (χ2n) is 6.23. The number of rotatable bonds is 0. The van der Waals surface area contributed by atoms with E-state index >= 15 is 0 Å². The zero-order chi connectivity index (χ0) is 10.9. The van der Waals surface area contributed by atoms with Crippen molar-refractivity contribution < 1.29 is 0 Å². The van der Waals surface area contributed by atoms with Crippen molar-refractivity contribution in [1.82, 2.24) is 0 Å². The summed E-state index contributed by atoms with van der Waals surface area (Å²) in [6.07, 6.45) is 12.9. The van der Waals surface area contributed by atoms with Crippen LogP contribution in [0.5, 0.6) is 0 Å². The highest BCUT2D eigenvalue weighted by Gasteiger charge is 2.28. The molecular weight excluding hydrogens is 180 g/mol. The summed E-state index contributed by atoms with van der Waals surface area (Å²) in [4.78, 5) is 0. The molecule has 0 amide bonds. The van der Waals surface area contributed by atoms with Crippen LogP contribution in [-0.4, -0.2) is 0 Å². The van der Waals surface area contributed by atoms with Gasteiger partial charge < -0.3 is 0 Å². The molecule has 2 aliphatic carbocycles. The molecule has 0 aliphatic heterocycles. The summed E-state index contributed by atoms with van der Waals surface area (Å²) in [7, 11) is 0. The highest BCUT2D eigenvalue weighted by Crippen LogP contribution is 2.41. The van der Waals surface area contributed by atoms with E-state index in [1.165, 1.54) is 38.5 Å². The van der Waals surface area contributed by atoms with Crippen LogP contribution in [0.3, 0.4) is 0 Å². The summed E-state index contributed by atoms with van der Waals surface area (Å²) < 4.78 is 0. The predicted octanol–water partition coefficient (Wildman–Crippen LogP) is 4.87. The molecule has 84 valence electrons. The van der Waals surface area contributed by atoms with E-state index in [1.54, 1.807) is 11.1 Å². The van der Waals surface area contributed by atoms with Crippen LogP contribution >= 0.6 is 0 Å². The van der Waals surface area contributed by atoms with Gasteiger partial charge in [0, 0.05) is 0 Å². The maximum Gasteiger partial charge on any atom is -0.0279 e. The van der Waals surface area contributed by atoms with Gasteiger partial charge in [0.1, 0.15) is 0 Å². The van der Waals surface area contributed by atoms with Crippen molar-refractivity contribution in [2.45, 2.75) is 59.3 Å². The Morgan fingerprint density at radius 1 is 1.20 bits per heavy atom. The summed E-state index contributed by atoms with van der Waals surface area (Å²) in [6, 6.07) is 0. The molecule has 0 aromatic rings. The molecule has 15 heavy (non-hydrogen) atoms. The number of hydrogen-bond acceptors (Lipinski definition) is 0. The molecule has 0 aromatic heterocycles. The van der Waals surface area contributed by atoms with Gasteiger partial charge in [-0.25, -0.2) is 0 Å². The van der Waals surface area contributed by atoms with E-state index in [0.717, 1.165) is 5.92 Å². The molecule has 0 nitrogen and oxygen atoms in total. The SMILES string of the molecule is CC(C)(C)C1CCCC2=C(CCC=C2)C1. The summed E-state index contributed by atoms with van der Waals surface area (Å²) >= 11 is 0. The van der Waals surface area contributed by atoms with Gasteiger partial charge in [-0.05, 0) is 55.4 Å². The van der Waals surface area contributed by atoms with Crippen molar-refractivity contribution in [1.29, 1.82) is 0 Å². The molecule has 0 fully saturated rings. The topological polar surface area (TPSA) is 0 Å². The molecule has 0 aromatic carbocycles. The third-order valence-electron chi connectivity index (χ3n) is 4.10. The molecule has 0 saturated heterocycles. The molecule has 0 heterocycles. The van der Waals surface area contributed by atoms with Crippen molar-refractivity contribution in [2.24, 2.45) is 11.3 Å². The Balaban J connectivity index is 2.16. The van der Waals surface area contributed by atoms with Gasteiger partial charge in [0.05, 0.1) is 0 Å². The van der Waals surface area contributed by atoms with Gasteiger partial charge in [0.2, 0.25) is 0 Å². The Hall–Kier alpha value is -0.520. The maximum absolute atomic E-state index is 2.40. The van der Waals surface area contributed by atoms with Gasteiger partial charge in [-0.3, -0.25) is 0 Å². The monoisotopic (exact) mass is 204 g/mol. The van der Waals surface area contributed by atoms with Crippen LogP contribution in [0.2, 0.25) is 0 Å². The van der Waals surface area contributed by atoms with Crippen LogP contribution in [0.4, 0.5) is 0 Å². The zero-order valence-corrected chi connectivity index (χ0v) is 10.5. The van der Waals surface area contributed by atoms with Crippen molar-refractivity contribution in [3.63, 3.8) is 0 Å². The van der Waals surface area contributed by atoms with E-state index in [9.17, 15) is 0 Å². The standard InChI is InChI=1S/C15H24/c1-15(2,3)14-10-6-9-12-7-4-5-8-13(12)11-14/h4,7,14H,5-6,8-11H2,1-3H3. The second kappa shape index (κ2) is 4.15. The minimum atomic E-state index is 0.490. The Labute approximate surface area is 94.5 Å². The number of allylic oxidation sites excluding steroid dienone is 4. The van der Waals surface area contributed by atoms with Crippen LogP contribution in [0.25, 0.3) is 0 Å². The third-order valence-corrected chi connectivity index (χ3v) is 4.10. The third kappa shape index (κ3) is 2.53. The smallest absolute Gasteiger partial charge is 0.0279 e. The normalized spacial score (nSPS) is 27.5. The largest absolute Gasteiger partial charge is 0.0839 e. The van der Waals surface area contributed by atoms with Gasteiger partial charge in [-0.1, -0.05) is 38.5 Å². The van der Waals surface area contributed by atoms with Crippen LogP contribution in [0.15, 0.2) is 23.3 Å². The van der Waals surface area contributed by atoms with E-state index in [1.807, 2.05) is 0 Å².